The lowest BCUT2D eigenvalue weighted by Crippen LogP contribution is -2.32. The van der Waals surface area contributed by atoms with Crippen molar-refractivity contribution >= 4 is 64.3 Å². The summed E-state index contributed by atoms with van der Waals surface area (Å²) in [4.78, 5) is 75.3. The Labute approximate surface area is 331 Å². The van der Waals surface area contributed by atoms with Crippen molar-refractivity contribution < 1.29 is 53.6 Å². The number of carboxylic acids is 1. The number of benzene rings is 5. The highest BCUT2D eigenvalue weighted by atomic mass is 16.5. The van der Waals surface area contributed by atoms with E-state index >= 15 is 0 Å². The lowest BCUT2D eigenvalue weighted by molar-refractivity contribution is -0.115. The molecule has 296 valence electrons. The first-order chi connectivity index (χ1) is 27.8. The number of hydrogen-bond acceptors (Lipinski definition) is 10. The van der Waals surface area contributed by atoms with Crippen molar-refractivity contribution in [2.24, 2.45) is 0 Å². The van der Waals surface area contributed by atoms with Crippen molar-refractivity contribution in [3.63, 3.8) is 0 Å². The summed E-state index contributed by atoms with van der Waals surface area (Å²) >= 11 is 0. The third kappa shape index (κ3) is 9.93. The quantitative estimate of drug-likeness (QED) is 0.0632. The molecule has 0 radical (unpaired) electrons. The van der Waals surface area contributed by atoms with Gasteiger partial charge in [0.1, 0.15) is 5.56 Å². The number of nitrogens with one attached hydrogen (secondary N) is 5. The number of methoxy groups -OCH3 is 2. The van der Waals surface area contributed by atoms with Gasteiger partial charge in [-0.25, -0.2) is 4.79 Å². The lowest BCUT2D eigenvalue weighted by atomic mass is 10.1. The first-order valence-electron chi connectivity index (χ1n) is 17.3. The van der Waals surface area contributed by atoms with Crippen LogP contribution in [0.25, 0.3) is 6.08 Å². The predicted molar refractivity (Wildman–Crippen MR) is 215 cm³/mol. The number of carboxylic acid groups (broad SMARTS) is 1. The molecular weight excluding hydrogens is 750 g/mol. The van der Waals surface area contributed by atoms with Gasteiger partial charge < -0.3 is 51.4 Å². The number of hydrogen-bond donors (Lipinski definition) is 8. The number of carbonyl (C=O) groups is 6. The standard InChI is InChI=1S/C42H37N5O11/c1-23(21-24-7-5-4-6-8-24)38(51)45-28-15-9-25(10-16-28)39(52)43-22-33(48)44-27-13-11-26(12-14-27)40(53)46-31-19-17-29(34(49)36(31)57-2)41(54)47-32-20-18-30(42(55)56)35(50)37(32)58-3/h4-21,49-50H,22H2,1-3H3,(H,43,52)(H,44,48)(H,45,51)(H,46,53)(H,47,54)(H,55,56)/b23-21+. The minimum absolute atomic E-state index is 0.0150. The Kier molecular flexibility index (Phi) is 13.1. The monoisotopic (exact) mass is 787 g/mol. The zero-order valence-electron chi connectivity index (χ0n) is 31.2. The third-order valence-electron chi connectivity index (χ3n) is 8.43. The van der Waals surface area contributed by atoms with E-state index in [9.17, 15) is 44.1 Å². The number of phenols is 2. The van der Waals surface area contributed by atoms with E-state index in [1.54, 1.807) is 25.1 Å². The van der Waals surface area contributed by atoms with Crippen LogP contribution in [0.3, 0.4) is 0 Å². The molecule has 0 aliphatic carbocycles. The van der Waals surface area contributed by atoms with Gasteiger partial charge in [0.05, 0.1) is 37.7 Å². The van der Waals surface area contributed by atoms with Crippen molar-refractivity contribution in [3.05, 3.63) is 137 Å². The Morgan fingerprint density at radius 1 is 0.586 bits per heavy atom. The van der Waals surface area contributed by atoms with E-state index in [0.29, 0.717) is 16.9 Å². The molecule has 5 rings (SSSR count). The minimum atomic E-state index is -1.41. The molecule has 5 aromatic carbocycles. The van der Waals surface area contributed by atoms with Gasteiger partial charge in [0.15, 0.2) is 23.0 Å². The van der Waals surface area contributed by atoms with E-state index < -0.39 is 46.7 Å². The van der Waals surface area contributed by atoms with E-state index in [1.807, 2.05) is 30.3 Å². The zero-order chi connectivity index (χ0) is 41.9. The molecule has 5 aromatic rings. The number of rotatable bonds is 14. The van der Waals surface area contributed by atoms with Crippen molar-refractivity contribution in [2.75, 3.05) is 42.0 Å². The van der Waals surface area contributed by atoms with E-state index in [1.165, 1.54) is 68.8 Å². The van der Waals surface area contributed by atoms with Crippen LogP contribution in [0.4, 0.5) is 22.7 Å². The van der Waals surface area contributed by atoms with Crippen LogP contribution in [0.15, 0.2) is 109 Å². The van der Waals surface area contributed by atoms with Gasteiger partial charge in [-0.3, -0.25) is 24.0 Å². The maximum absolute atomic E-state index is 13.1. The number of phenolic OH excluding ortho intramolecular Hbond substituents is 1. The normalized spacial score (nSPS) is 10.8. The van der Waals surface area contributed by atoms with Gasteiger partial charge in [-0.2, -0.15) is 0 Å². The molecule has 0 aliphatic rings. The predicted octanol–water partition coefficient (Wildman–Crippen LogP) is 5.73. The van der Waals surface area contributed by atoms with Gasteiger partial charge in [0, 0.05) is 28.1 Å². The molecule has 0 saturated heterocycles. The van der Waals surface area contributed by atoms with E-state index in [2.05, 4.69) is 26.6 Å². The van der Waals surface area contributed by atoms with Crippen molar-refractivity contribution in [3.8, 4) is 23.0 Å². The van der Waals surface area contributed by atoms with Crippen LogP contribution in [0.5, 0.6) is 23.0 Å². The molecule has 16 heteroatoms. The maximum Gasteiger partial charge on any atom is 0.339 e. The Morgan fingerprint density at radius 2 is 1.09 bits per heavy atom. The molecule has 0 aliphatic heterocycles. The fourth-order valence-corrected chi connectivity index (χ4v) is 5.46. The van der Waals surface area contributed by atoms with Gasteiger partial charge in [-0.15, -0.1) is 0 Å². The second-order valence-corrected chi connectivity index (χ2v) is 12.4. The zero-order valence-corrected chi connectivity index (χ0v) is 31.2. The van der Waals surface area contributed by atoms with Gasteiger partial charge in [0.25, 0.3) is 23.6 Å². The topological polar surface area (TPSA) is 242 Å². The largest absolute Gasteiger partial charge is 0.504 e. The molecule has 58 heavy (non-hydrogen) atoms. The second kappa shape index (κ2) is 18.5. The molecule has 0 aromatic heterocycles. The van der Waals surface area contributed by atoms with Crippen molar-refractivity contribution in [2.45, 2.75) is 6.92 Å². The average molecular weight is 788 g/mol. The molecular formula is C42H37N5O11. The Bertz CT molecular complexity index is 2410. The molecule has 8 N–H and O–H groups in total. The van der Waals surface area contributed by atoms with Crippen LogP contribution in [-0.4, -0.2) is 71.6 Å². The summed E-state index contributed by atoms with van der Waals surface area (Å²) in [6.07, 6.45) is 1.76. The van der Waals surface area contributed by atoms with E-state index in [0.717, 1.165) is 11.6 Å². The number of carbonyl (C=O) groups excluding carboxylic acids is 5. The van der Waals surface area contributed by atoms with Crippen LogP contribution in [0.1, 0.15) is 53.9 Å². The Morgan fingerprint density at radius 3 is 1.64 bits per heavy atom. The lowest BCUT2D eigenvalue weighted by Gasteiger charge is -2.16. The number of aromatic carboxylic acids is 1. The number of amides is 5. The smallest absolute Gasteiger partial charge is 0.339 e. The highest BCUT2D eigenvalue weighted by molar-refractivity contribution is 6.10. The molecule has 16 nitrogen and oxygen atoms in total. The Balaban J connectivity index is 1.13. The maximum atomic E-state index is 13.1. The summed E-state index contributed by atoms with van der Waals surface area (Å²) in [5.41, 5.74) is 1.85. The van der Waals surface area contributed by atoms with Gasteiger partial charge >= 0.3 is 5.97 Å². The minimum Gasteiger partial charge on any atom is -0.504 e. The number of anilines is 4. The fourth-order valence-electron chi connectivity index (χ4n) is 5.46. The highest BCUT2D eigenvalue weighted by Crippen LogP contribution is 2.40. The average Bonchev–Trinajstić information content (AvgIpc) is 3.21. The molecule has 0 atom stereocenters. The van der Waals surface area contributed by atoms with Crippen LogP contribution in [0, 0.1) is 0 Å². The van der Waals surface area contributed by atoms with Gasteiger partial charge in [0.2, 0.25) is 5.91 Å². The SMILES string of the molecule is COc1c(NC(=O)c2ccc(NC(=O)c3ccc(NC(=O)CNC(=O)c4ccc(NC(=O)/C(C)=C/c5ccccc5)cc4)cc3)c(OC)c2O)ccc(C(=O)O)c1O. The van der Waals surface area contributed by atoms with Crippen LogP contribution < -0.4 is 36.1 Å². The Hall–Kier alpha value is -8.14. The van der Waals surface area contributed by atoms with Crippen LogP contribution in [0.2, 0.25) is 0 Å². The number of aromatic hydroxyl groups is 2. The number of ether oxygens (including phenoxy) is 2. The second-order valence-electron chi connectivity index (χ2n) is 12.4. The summed E-state index contributed by atoms with van der Waals surface area (Å²) in [5.74, 6) is -6.14. The third-order valence-corrected chi connectivity index (χ3v) is 8.43. The molecule has 5 amide bonds. The molecule has 0 bridgehead atoms. The van der Waals surface area contributed by atoms with E-state index in [-0.39, 0.29) is 52.0 Å². The highest BCUT2D eigenvalue weighted by Gasteiger charge is 2.24. The van der Waals surface area contributed by atoms with Crippen LogP contribution in [-0.2, 0) is 9.59 Å². The van der Waals surface area contributed by atoms with Crippen LogP contribution >= 0.6 is 0 Å². The molecule has 0 unspecified atom stereocenters. The molecule has 0 heterocycles. The summed E-state index contributed by atoms with van der Waals surface area (Å²) in [5, 5.41) is 43.3. The first-order valence-corrected chi connectivity index (χ1v) is 17.3. The molecule has 0 fully saturated rings. The molecule has 0 spiro atoms. The summed E-state index contributed by atoms with van der Waals surface area (Å²) < 4.78 is 10.3. The summed E-state index contributed by atoms with van der Waals surface area (Å²) in [6, 6.07) is 26.2. The van der Waals surface area contributed by atoms with Gasteiger partial charge in [-0.05, 0) is 91.4 Å². The first kappa shape index (κ1) is 41.0. The van der Waals surface area contributed by atoms with Crippen molar-refractivity contribution in [1.82, 2.24) is 5.32 Å². The molecule has 0 saturated carbocycles. The fraction of sp³-hybridized carbons (Fsp3) is 0.0952. The van der Waals surface area contributed by atoms with E-state index in [4.69, 9.17) is 9.47 Å². The summed E-state index contributed by atoms with van der Waals surface area (Å²) in [6.45, 7) is 1.34. The van der Waals surface area contributed by atoms with Crippen molar-refractivity contribution in [1.29, 1.82) is 0 Å². The summed E-state index contributed by atoms with van der Waals surface area (Å²) in [7, 11) is 2.38. The van der Waals surface area contributed by atoms with Gasteiger partial charge in [-0.1, -0.05) is 30.3 Å².